The zero-order chi connectivity index (χ0) is 13.9. The maximum absolute atomic E-state index is 11.1. The number of ether oxygens (including phenoxy) is 2. The molecule has 0 aliphatic carbocycles. The second kappa shape index (κ2) is 5.38. The van der Waals surface area contributed by atoms with Gasteiger partial charge in [-0.2, -0.15) is 0 Å². The smallest absolute Gasteiger partial charge is 0.231 e. The number of hydrogen-bond acceptors (Lipinski definition) is 4. The molecule has 1 aromatic carbocycles. The Hall–Kier alpha value is -2.27. The van der Waals surface area contributed by atoms with Gasteiger partial charge in [0, 0.05) is 31.1 Å². The molecule has 2 aromatic rings. The first-order valence-electron chi connectivity index (χ1n) is 6.49. The van der Waals surface area contributed by atoms with Crippen molar-refractivity contribution >= 4 is 0 Å². The summed E-state index contributed by atoms with van der Waals surface area (Å²) in [5.41, 5.74) is 1.14. The Morgan fingerprint density at radius 2 is 1.95 bits per heavy atom. The maximum Gasteiger partial charge on any atom is 0.231 e. The van der Waals surface area contributed by atoms with E-state index in [2.05, 4.69) is 5.32 Å². The lowest BCUT2D eigenvalue weighted by Crippen LogP contribution is -2.22. The normalized spacial score (nSPS) is 14.2. The molecule has 3 rings (SSSR count). The molecule has 0 bridgehead atoms. The summed E-state index contributed by atoms with van der Waals surface area (Å²) in [6, 6.07) is 9.20. The predicted octanol–water partition coefficient (Wildman–Crippen LogP) is 1.54. The van der Waals surface area contributed by atoms with Crippen LogP contribution in [0.15, 0.2) is 47.5 Å². The standard InChI is InChI=1S/C15H16N2O3/c1-16-13(9-17-6-4-12(18)5-7-17)11-2-3-14-15(8-11)20-10-19-14/h2-8,13,16H,9-10H2,1H3. The number of nitrogens with one attached hydrogen (secondary N) is 1. The predicted molar refractivity (Wildman–Crippen MR) is 75.1 cm³/mol. The van der Waals surface area contributed by atoms with E-state index in [0.717, 1.165) is 23.6 Å². The van der Waals surface area contributed by atoms with Crippen molar-refractivity contribution < 1.29 is 9.47 Å². The van der Waals surface area contributed by atoms with Gasteiger partial charge in [0.15, 0.2) is 16.9 Å². The SMILES string of the molecule is CNC(Cn1ccc(=O)cc1)c1ccc2c(c1)OCO2. The highest BCUT2D eigenvalue weighted by Crippen LogP contribution is 2.34. The molecule has 1 aromatic heterocycles. The van der Waals surface area contributed by atoms with Gasteiger partial charge in [-0.1, -0.05) is 6.07 Å². The van der Waals surface area contributed by atoms with Crippen LogP contribution in [0.4, 0.5) is 0 Å². The molecule has 20 heavy (non-hydrogen) atoms. The summed E-state index contributed by atoms with van der Waals surface area (Å²) in [4.78, 5) is 11.1. The number of benzene rings is 1. The van der Waals surface area contributed by atoms with Crippen LogP contribution < -0.4 is 20.2 Å². The Bertz CT molecular complexity index is 646. The van der Waals surface area contributed by atoms with Crippen LogP contribution in [-0.2, 0) is 6.54 Å². The zero-order valence-electron chi connectivity index (χ0n) is 11.2. The number of fused-ring (bicyclic) bond motifs is 1. The third kappa shape index (κ3) is 2.53. The highest BCUT2D eigenvalue weighted by Gasteiger charge is 2.17. The van der Waals surface area contributed by atoms with E-state index >= 15 is 0 Å². The first kappa shape index (κ1) is 12.7. The van der Waals surface area contributed by atoms with E-state index in [1.165, 1.54) is 0 Å². The fourth-order valence-electron chi connectivity index (χ4n) is 2.27. The highest BCUT2D eigenvalue weighted by atomic mass is 16.7. The van der Waals surface area contributed by atoms with Crippen LogP contribution >= 0.6 is 0 Å². The Labute approximate surface area is 116 Å². The Morgan fingerprint density at radius 3 is 2.70 bits per heavy atom. The monoisotopic (exact) mass is 272 g/mol. The number of pyridine rings is 1. The fourth-order valence-corrected chi connectivity index (χ4v) is 2.27. The number of hydrogen-bond donors (Lipinski definition) is 1. The number of aromatic nitrogens is 1. The molecule has 0 spiro atoms. The molecule has 1 aliphatic heterocycles. The van der Waals surface area contributed by atoms with Gasteiger partial charge < -0.3 is 19.4 Å². The van der Waals surface area contributed by atoms with E-state index in [9.17, 15) is 4.79 Å². The van der Waals surface area contributed by atoms with Gasteiger partial charge in [0.1, 0.15) is 0 Å². The zero-order valence-corrected chi connectivity index (χ0v) is 11.2. The minimum Gasteiger partial charge on any atom is -0.454 e. The molecule has 104 valence electrons. The molecule has 5 heteroatoms. The first-order valence-corrected chi connectivity index (χ1v) is 6.49. The molecule has 0 saturated heterocycles. The van der Waals surface area contributed by atoms with Crippen LogP contribution in [-0.4, -0.2) is 18.4 Å². The maximum atomic E-state index is 11.1. The van der Waals surface area contributed by atoms with E-state index in [0.29, 0.717) is 0 Å². The van der Waals surface area contributed by atoms with Gasteiger partial charge in [-0.05, 0) is 24.7 Å². The van der Waals surface area contributed by atoms with Gasteiger partial charge in [-0.25, -0.2) is 0 Å². The third-order valence-corrected chi connectivity index (χ3v) is 3.40. The molecule has 0 fully saturated rings. The molecule has 5 nitrogen and oxygen atoms in total. The second-order valence-corrected chi connectivity index (χ2v) is 4.68. The van der Waals surface area contributed by atoms with Crippen molar-refractivity contribution in [2.24, 2.45) is 0 Å². The molecule has 0 amide bonds. The summed E-state index contributed by atoms with van der Waals surface area (Å²) >= 11 is 0. The summed E-state index contributed by atoms with van der Waals surface area (Å²) in [6.07, 6.45) is 3.58. The lowest BCUT2D eigenvalue weighted by atomic mass is 10.1. The van der Waals surface area contributed by atoms with Crippen molar-refractivity contribution in [3.8, 4) is 11.5 Å². The molecule has 1 aliphatic rings. The van der Waals surface area contributed by atoms with Crippen molar-refractivity contribution in [2.45, 2.75) is 12.6 Å². The van der Waals surface area contributed by atoms with Crippen molar-refractivity contribution in [1.82, 2.24) is 9.88 Å². The summed E-state index contributed by atoms with van der Waals surface area (Å²) in [7, 11) is 1.91. The highest BCUT2D eigenvalue weighted by molar-refractivity contribution is 5.45. The minimum atomic E-state index is 0.0188. The summed E-state index contributed by atoms with van der Waals surface area (Å²) in [5.74, 6) is 1.56. The second-order valence-electron chi connectivity index (χ2n) is 4.68. The van der Waals surface area contributed by atoms with E-state index in [1.807, 2.05) is 29.8 Å². The van der Waals surface area contributed by atoms with Gasteiger partial charge in [-0.15, -0.1) is 0 Å². The van der Waals surface area contributed by atoms with Gasteiger partial charge >= 0.3 is 0 Å². The lowest BCUT2D eigenvalue weighted by molar-refractivity contribution is 0.174. The van der Waals surface area contributed by atoms with E-state index < -0.39 is 0 Å². The topological polar surface area (TPSA) is 52.5 Å². The van der Waals surface area contributed by atoms with E-state index in [-0.39, 0.29) is 18.3 Å². The van der Waals surface area contributed by atoms with E-state index in [1.54, 1.807) is 24.5 Å². The van der Waals surface area contributed by atoms with Gasteiger partial charge in [0.05, 0.1) is 6.04 Å². The number of rotatable bonds is 4. The van der Waals surface area contributed by atoms with Gasteiger partial charge in [-0.3, -0.25) is 4.79 Å². The van der Waals surface area contributed by atoms with Crippen LogP contribution in [0, 0.1) is 0 Å². The Balaban J connectivity index is 1.82. The molecule has 1 N–H and O–H groups in total. The minimum absolute atomic E-state index is 0.0188. The van der Waals surface area contributed by atoms with Crippen LogP contribution in [0.5, 0.6) is 11.5 Å². The van der Waals surface area contributed by atoms with Gasteiger partial charge in [0.25, 0.3) is 0 Å². The van der Waals surface area contributed by atoms with Crippen molar-refractivity contribution in [1.29, 1.82) is 0 Å². The molecule has 0 saturated carbocycles. The van der Waals surface area contributed by atoms with Gasteiger partial charge in [0.2, 0.25) is 6.79 Å². The average molecular weight is 272 g/mol. The quantitative estimate of drug-likeness (QED) is 0.917. The van der Waals surface area contributed by atoms with E-state index in [4.69, 9.17) is 9.47 Å². The lowest BCUT2D eigenvalue weighted by Gasteiger charge is -2.18. The number of likely N-dealkylation sites (N-methyl/N-ethyl adjacent to an activating group) is 1. The molecular formula is C15H16N2O3. The van der Waals surface area contributed by atoms with Crippen molar-refractivity contribution in [3.05, 3.63) is 58.5 Å². The number of nitrogens with zero attached hydrogens (tertiary/aromatic N) is 1. The molecule has 2 heterocycles. The average Bonchev–Trinajstić information content (AvgIpc) is 2.94. The molecule has 1 unspecified atom stereocenters. The van der Waals surface area contributed by atoms with Crippen molar-refractivity contribution in [3.63, 3.8) is 0 Å². The third-order valence-electron chi connectivity index (χ3n) is 3.40. The fraction of sp³-hybridized carbons (Fsp3) is 0.267. The first-order chi connectivity index (χ1) is 9.76. The van der Waals surface area contributed by atoms with Crippen molar-refractivity contribution in [2.75, 3.05) is 13.8 Å². The Kier molecular flexibility index (Phi) is 3.43. The van der Waals surface area contributed by atoms with Crippen LogP contribution in [0.3, 0.4) is 0 Å². The Morgan fingerprint density at radius 1 is 1.20 bits per heavy atom. The van der Waals surface area contributed by atoms with Crippen LogP contribution in [0.25, 0.3) is 0 Å². The summed E-state index contributed by atoms with van der Waals surface area (Å²) in [5, 5.41) is 3.28. The largest absolute Gasteiger partial charge is 0.454 e. The van der Waals surface area contributed by atoms with Crippen LogP contribution in [0.1, 0.15) is 11.6 Å². The summed E-state index contributed by atoms with van der Waals surface area (Å²) in [6.45, 7) is 1.01. The summed E-state index contributed by atoms with van der Waals surface area (Å²) < 4.78 is 12.7. The molecular weight excluding hydrogens is 256 g/mol. The molecule has 0 radical (unpaired) electrons. The van der Waals surface area contributed by atoms with Crippen LogP contribution in [0.2, 0.25) is 0 Å². The molecule has 1 atom stereocenters.